The van der Waals surface area contributed by atoms with E-state index in [-0.39, 0.29) is 12.0 Å². The Labute approximate surface area is 133 Å². The molecule has 1 aromatic rings. The second-order valence-corrected chi connectivity index (χ2v) is 7.22. The number of carbonyl (C=O) groups is 1. The number of amides is 1. The Morgan fingerprint density at radius 3 is 3.00 bits per heavy atom. The number of rotatable bonds is 6. The van der Waals surface area contributed by atoms with E-state index in [1.54, 1.807) is 29.1 Å². The molecule has 0 radical (unpaired) electrons. The predicted octanol–water partition coefficient (Wildman–Crippen LogP) is 0.0254. The zero-order valence-corrected chi connectivity index (χ0v) is 13.6. The van der Waals surface area contributed by atoms with Crippen molar-refractivity contribution >= 4 is 25.7 Å². The normalized spacial score (nSPS) is 26.1. The number of hydrogen-bond acceptors (Lipinski definition) is 6. The quantitative estimate of drug-likeness (QED) is 0.377. The zero-order chi connectivity index (χ0) is 16.3. The first-order chi connectivity index (χ1) is 10.3. The van der Waals surface area contributed by atoms with Crippen LogP contribution in [0.2, 0.25) is 0 Å². The third kappa shape index (κ3) is 4.33. The minimum absolute atomic E-state index is 0.0527. The van der Waals surface area contributed by atoms with E-state index in [0.29, 0.717) is 12.0 Å². The molecule has 1 amide bonds. The van der Waals surface area contributed by atoms with Crippen LogP contribution in [0.25, 0.3) is 0 Å². The van der Waals surface area contributed by atoms with Crippen LogP contribution in [0, 0.1) is 0 Å². The van der Waals surface area contributed by atoms with Gasteiger partial charge in [-0.2, -0.15) is 0 Å². The molecule has 1 aliphatic rings. The molecule has 2 rings (SSSR count). The molecule has 0 aromatic carbocycles. The van der Waals surface area contributed by atoms with E-state index in [1.807, 2.05) is 0 Å². The molecular weight excluding hydrogens is 335 g/mol. The van der Waals surface area contributed by atoms with Crippen molar-refractivity contribution in [3.8, 4) is 0 Å². The average molecular weight is 354 g/mol. The van der Waals surface area contributed by atoms with Crippen LogP contribution in [-0.4, -0.2) is 40.9 Å². The maximum atomic E-state index is 11.2. The fourth-order valence-corrected chi connectivity index (χ4v) is 3.04. The van der Waals surface area contributed by atoms with Crippen molar-refractivity contribution in [2.75, 3.05) is 13.7 Å². The van der Waals surface area contributed by atoms with Crippen LogP contribution in [0.5, 0.6) is 0 Å². The summed E-state index contributed by atoms with van der Waals surface area (Å²) in [6.07, 6.45) is 2.79. The molecule has 1 aromatic heterocycles. The first-order valence-corrected chi connectivity index (χ1v) is 8.71. The maximum absolute atomic E-state index is 11.2. The summed E-state index contributed by atoms with van der Waals surface area (Å²) in [5.74, 6) is -0.546. The molecule has 1 fully saturated rings. The Hall–Kier alpha value is -0.860. The standard InChI is InChI=1S/C12H18ClN2O6P/c1-19-22(17,18)20-7-9-5-10(13)12(21-9)15-4-2-3-8(6-15)11(14)16/h2-4,6,9-10,12,17-18,22H,5,7H2,1H3,(H-,14,16)/p+1. The van der Waals surface area contributed by atoms with E-state index >= 15 is 0 Å². The summed E-state index contributed by atoms with van der Waals surface area (Å²) in [6, 6.07) is 3.26. The van der Waals surface area contributed by atoms with Crippen molar-refractivity contribution in [1.29, 1.82) is 0 Å². The number of alkyl halides is 1. The van der Waals surface area contributed by atoms with Crippen LogP contribution >= 0.6 is 19.8 Å². The summed E-state index contributed by atoms with van der Waals surface area (Å²) in [6.45, 7) is -0.0527. The summed E-state index contributed by atoms with van der Waals surface area (Å²) in [7, 11) is -2.93. The van der Waals surface area contributed by atoms with E-state index in [2.05, 4.69) is 4.52 Å². The topological polar surface area (TPSA) is 115 Å². The number of primary amides is 1. The Balaban J connectivity index is 2.02. The average Bonchev–Trinajstić information content (AvgIpc) is 2.86. The monoisotopic (exact) mass is 353 g/mol. The summed E-state index contributed by atoms with van der Waals surface area (Å²) < 4.78 is 16.8. The Morgan fingerprint density at radius 2 is 2.36 bits per heavy atom. The van der Waals surface area contributed by atoms with E-state index in [9.17, 15) is 14.6 Å². The molecule has 4 N–H and O–H groups in total. The second-order valence-electron chi connectivity index (χ2n) is 4.87. The summed E-state index contributed by atoms with van der Waals surface area (Å²) >= 11 is 6.26. The molecule has 0 saturated carbocycles. The van der Waals surface area contributed by atoms with Crippen LogP contribution in [0.15, 0.2) is 24.5 Å². The van der Waals surface area contributed by atoms with Crippen molar-refractivity contribution < 1.29 is 32.9 Å². The molecule has 2 heterocycles. The van der Waals surface area contributed by atoms with Gasteiger partial charge in [0.15, 0.2) is 0 Å². The van der Waals surface area contributed by atoms with E-state index in [4.69, 9.17) is 26.6 Å². The number of nitrogens with zero attached hydrogens (tertiary/aromatic N) is 1. The SMILES string of the molecule is CO[PH](O)(O)OCC1CC(Cl)C([n+]2cccc(C(N)=O)c2)O1. The van der Waals surface area contributed by atoms with Gasteiger partial charge in [0.1, 0.15) is 0 Å². The Morgan fingerprint density at radius 1 is 1.64 bits per heavy atom. The van der Waals surface area contributed by atoms with Gasteiger partial charge in [-0.3, -0.25) is 0 Å². The van der Waals surface area contributed by atoms with Crippen molar-refractivity contribution in [1.82, 2.24) is 0 Å². The fraction of sp³-hybridized carbons (Fsp3) is 0.500. The molecule has 22 heavy (non-hydrogen) atoms. The molecule has 3 unspecified atom stereocenters. The minimum atomic E-state index is -4.08. The number of pyridine rings is 1. The number of hydrogen-bond donors (Lipinski definition) is 3. The second kappa shape index (κ2) is 7.14. The van der Waals surface area contributed by atoms with Gasteiger partial charge in [0.05, 0.1) is 0 Å². The molecule has 8 nitrogen and oxygen atoms in total. The van der Waals surface area contributed by atoms with Crippen LogP contribution in [-0.2, 0) is 13.8 Å². The third-order valence-corrected chi connectivity index (χ3v) is 4.72. The molecular formula is C12H19ClN2O6P+. The van der Waals surface area contributed by atoms with Gasteiger partial charge in [-0.05, 0) is 0 Å². The van der Waals surface area contributed by atoms with Crippen LogP contribution in [0.1, 0.15) is 23.0 Å². The zero-order valence-electron chi connectivity index (χ0n) is 11.9. The van der Waals surface area contributed by atoms with E-state index in [0.717, 1.165) is 7.11 Å². The molecule has 10 heteroatoms. The summed E-state index contributed by atoms with van der Waals surface area (Å²) in [4.78, 5) is 29.9. The summed E-state index contributed by atoms with van der Waals surface area (Å²) in [5, 5.41) is -0.363. The molecule has 124 valence electrons. The number of carbonyl (C=O) groups excluding carboxylic acids is 1. The van der Waals surface area contributed by atoms with Crippen molar-refractivity contribution in [3.05, 3.63) is 30.1 Å². The number of nitrogens with two attached hydrogens (primary N) is 1. The van der Waals surface area contributed by atoms with Gasteiger partial charge < -0.3 is 0 Å². The number of aromatic nitrogens is 1. The van der Waals surface area contributed by atoms with E-state index in [1.165, 1.54) is 0 Å². The third-order valence-electron chi connectivity index (χ3n) is 3.25. The van der Waals surface area contributed by atoms with Crippen LogP contribution < -0.4 is 10.3 Å². The summed E-state index contributed by atoms with van der Waals surface area (Å²) in [5.41, 5.74) is 5.58. The van der Waals surface area contributed by atoms with Crippen molar-refractivity contribution in [2.45, 2.75) is 24.1 Å². The van der Waals surface area contributed by atoms with Gasteiger partial charge in [-0.25, -0.2) is 0 Å². The van der Waals surface area contributed by atoms with Crippen molar-refractivity contribution in [3.63, 3.8) is 0 Å². The molecule has 0 aliphatic carbocycles. The van der Waals surface area contributed by atoms with Gasteiger partial charge in [-0.15, -0.1) is 0 Å². The Kier molecular flexibility index (Phi) is 5.68. The van der Waals surface area contributed by atoms with Gasteiger partial charge in [-0.1, -0.05) is 0 Å². The molecule has 3 atom stereocenters. The first-order valence-electron chi connectivity index (χ1n) is 6.56. The molecule has 0 spiro atoms. The molecule has 1 aliphatic heterocycles. The molecule has 0 bridgehead atoms. The van der Waals surface area contributed by atoms with Gasteiger partial charge >= 0.3 is 132 Å². The fourth-order valence-electron chi connectivity index (χ4n) is 2.13. The van der Waals surface area contributed by atoms with Gasteiger partial charge in [0.2, 0.25) is 0 Å². The predicted molar refractivity (Wildman–Crippen MR) is 79.0 cm³/mol. The Bertz CT molecular complexity index is 546. The number of ether oxygens (including phenoxy) is 1. The first kappa shape index (κ1) is 17.5. The van der Waals surface area contributed by atoms with Gasteiger partial charge in [0.25, 0.3) is 0 Å². The molecule has 1 saturated heterocycles. The van der Waals surface area contributed by atoms with Crippen LogP contribution in [0.4, 0.5) is 0 Å². The van der Waals surface area contributed by atoms with Crippen LogP contribution in [0.3, 0.4) is 0 Å². The van der Waals surface area contributed by atoms with Crippen molar-refractivity contribution in [2.24, 2.45) is 5.73 Å². The van der Waals surface area contributed by atoms with Gasteiger partial charge in [0, 0.05) is 0 Å². The number of halogens is 1. The van der Waals surface area contributed by atoms with E-state index < -0.39 is 26.4 Å².